The van der Waals surface area contributed by atoms with Crippen molar-refractivity contribution in [1.29, 1.82) is 0 Å². The zero-order chi connectivity index (χ0) is 21.0. The molecule has 0 bridgehead atoms. The molecule has 1 aliphatic heterocycles. The van der Waals surface area contributed by atoms with Gasteiger partial charge in [-0.05, 0) is 39.0 Å². The monoisotopic (exact) mass is 419 g/mol. The van der Waals surface area contributed by atoms with Gasteiger partial charge in [-0.1, -0.05) is 11.6 Å². The standard InChI is InChI=1S/C21H30ClN5O2/c1-15(2)27-20(7-8-23-27)24-21(28)16(3)26-11-9-25(10-12-26)14-17-13-18(22)5-6-19(17)29-4/h5-8,13,15-16H,9-12,14H2,1-4H3,(H,24,28). The number of piperazine rings is 1. The van der Waals surface area contributed by atoms with Gasteiger partial charge in [-0.3, -0.25) is 14.6 Å². The van der Waals surface area contributed by atoms with Crippen molar-refractivity contribution in [2.75, 3.05) is 38.6 Å². The molecule has 0 saturated carbocycles. The number of amides is 1. The maximum Gasteiger partial charge on any atom is 0.242 e. The highest BCUT2D eigenvalue weighted by molar-refractivity contribution is 6.30. The number of aromatic nitrogens is 2. The van der Waals surface area contributed by atoms with Crippen LogP contribution in [0.1, 0.15) is 32.4 Å². The molecule has 8 heteroatoms. The van der Waals surface area contributed by atoms with Crippen molar-refractivity contribution in [3.8, 4) is 5.75 Å². The molecule has 1 amide bonds. The third-order valence-corrected chi connectivity index (χ3v) is 5.62. The van der Waals surface area contributed by atoms with Crippen molar-refractivity contribution in [3.05, 3.63) is 41.0 Å². The number of methoxy groups -OCH3 is 1. The SMILES string of the molecule is COc1ccc(Cl)cc1CN1CCN(C(C)C(=O)Nc2ccnn2C(C)C)CC1. The van der Waals surface area contributed by atoms with Crippen LogP contribution in [0.2, 0.25) is 5.02 Å². The number of nitrogens with one attached hydrogen (secondary N) is 1. The minimum absolute atomic E-state index is 0.00244. The number of carbonyl (C=O) groups excluding carboxylic acids is 1. The number of hydrogen-bond donors (Lipinski definition) is 1. The third kappa shape index (κ3) is 5.29. The summed E-state index contributed by atoms with van der Waals surface area (Å²) in [6.45, 7) is 10.3. The second-order valence-electron chi connectivity index (χ2n) is 7.69. The summed E-state index contributed by atoms with van der Waals surface area (Å²) < 4.78 is 7.27. The van der Waals surface area contributed by atoms with Crippen LogP contribution < -0.4 is 10.1 Å². The lowest BCUT2D eigenvalue weighted by molar-refractivity contribution is -0.121. The van der Waals surface area contributed by atoms with E-state index in [4.69, 9.17) is 16.3 Å². The van der Waals surface area contributed by atoms with Gasteiger partial charge < -0.3 is 10.1 Å². The van der Waals surface area contributed by atoms with E-state index in [2.05, 4.69) is 20.2 Å². The number of benzene rings is 1. The minimum atomic E-state index is -0.201. The van der Waals surface area contributed by atoms with Crippen LogP contribution in [0, 0.1) is 0 Å². The number of halogens is 1. The van der Waals surface area contributed by atoms with E-state index in [1.54, 1.807) is 13.3 Å². The molecule has 29 heavy (non-hydrogen) atoms. The molecule has 1 aromatic carbocycles. The Hall–Kier alpha value is -2.09. The van der Waals surface area contributed by atoms with Crippen LogP contribution >= 0.6 is 11.6 Å². The van der Waals surface area contributed by atoms with E-state index in [9.17, 15) is 4.79 Å². The van der Waals surface area contributed by atoms with Gasteiger partial charge in [-0.25, -0.2) is 4.68 Å². The molecular formula is C21H30ClN5O2. The van der Waals surface area contributed by atoms with Gasteiger partial charge in [0.1, 0.15) is 11.6 Å². The Morgan fingerprint density at radius 3 is 2.59 bits per heavy atom. The van der Waals surface area contributed by atoms with Crippen molar-refractivity contribution in [2.45, 2.75) is 39.4 Å². The van der Waals surface area contributed by atoms with E-state index in [0.717, 1.165) is 49.9 Å². The average Bonchev–Trinajstić information content (AvgIpc) is 3.16. The quantitative estimate of drug-likeness (QED) is 0.746. The molecule has 1 atom stereocenters. The predicted octanol–water partition coefficient (Wildman–Crippen LogP) is 3.27. The molecule has 7 nitrogen and oxygen atoms in total. The summed E-state index contributed by atoms with van der Waals surface area (Å²) in [6.07, 6.45) is 1.71. The number of rotatable bonds is 7. The number of carbonyl (C=O) groups is 1. The van der Waals surface area contributed by atoms with Gasteiger partial charge in [-0.2, -0.15) is 5.10 Å². The Morgan fingerprint density at radius 1 is 1.21 bits per heavy atom. The Morgan fingerprint density at radius 2 is 1.93 bits per heavy atom. The second kappa shape index (κ2) is 9.61. The zero-order valence-corrected chi connectivity index (χ0v) is 18.3. The maximum atomic E-state index is 12.7. The first kappa shape index (κ1) is 21.6. The van der Waals surface area contributed by atoms with Crippen LogP contribution in [0.25, 0.3) is 0 Å². The lowest BCUT2D eigenvalue weighted by atomic mass is 10.1. The van der Waals surface area contributed by atoms with Crippen molar-refractivity contribution < 1.29 is 9.53 Å². The molecule has 0 radical (unpaired) electrons. The van der Waals surface area contributed by atoms with Crippen LogP contribution in [0.5, 0.6) is 5.75 Å². The summed E-state index contributed by atoms with van der Waals surface area (Å²) in [5.41, 5.74) is 1.08. The fraction of sp³-hybridized carbons (Fsp3) is 0.524. The Labute approximate surface area is 177 Å². The van der Waals surface area contributed by atoms with Gasteiger partial charge in [-0.15, -0.1) is 0 Å². The Kier molecular flexibility index (Phi) is 7.16. The van der Waals surface area contributed by atoms with Crippen molar-refractivity contribution in [3.63, 3.8) is 0 Å². The van der Waals surface area contributed by atoms with Crippen molar-refractivity contribution in [2.24, 2.45) is 0 Å². The summed E-state index contributed by atoms with van der Waals surface area (Å²) in [4.78, 5) is 17.3. The van der Waals surface area contributed by atoms with Crippen LogP contribution in [0.3, 0.4) is 0 Å². The lowest BCUT2D eigenvalue weighted by Gasteiger charge is -2.37. The van der Waals surface area contributed by atoms with Crippen molar-refractivity contribution >= 4 is 23.3 Å². The number of nitrogens with zero attached hydrogens (tertiary/aromatic N) is 4. The van der Waals surface area contributed by atoms with Gasteiger partial charge in [0, 0.05) is 55.4 Å². The Bertz CT molecular complexity index is 830. The number of anilines is 1. The van der Waals surface area contributed by atoms with Gasteiger partial charge >= 0.3 is 0 Å². The van der Waals surface area contributed by atoms with Crippen LogP contribution in [0.15, 0.2) is 30.5 Å². The molecule has 1 unspecified atom stereocenters. The first-order valence-corrected chi connectivity index (χ1v) is 10.4. The molecule has 1 saturated heterocycles. The summed E-state index contributed by atoms with van der Waals surface area (Å²) in [7, 11) is 1.68. The van der Waals surface area contributed by atoms with E-state index in [1.807, 2.05) is 49.7 Å². The number of ether oxygens (including phenoxy) is 1. The predicted molar refractivity (Wildman–Crippen MR) is 116 cm³/mol. The zero-order valence-electron chi connectivity index (χ0n) is 17.6. The Balaban J connectivity index is 1.54. The highest BCUT2D eigenvalue weighted by Crippen LogP contribution is 2.24. The molecule has 1 N–H and O–H groups in total. The minimum Gasteiger partial charge on any atom is -0.496 e. The first-order valence-electron chi connectivity index (χ1n) is 10.0. The topological polar surface area (TPSA) is 62.6 Å². The first-order chi connectivity index (χ1) is 13.9. The van der Waals surface area contributed by atoms with Gasteiger partial charge in [0.15, 0.2) is 0 Å². The van der Waals surface area contributed by atoms with E-state index >= 15 is 0 Å². The summed E-state index contributed by atoms with van der Waals surface area (Å²) >= 11 is 6.15. The molecule has 1 aromatic heterocycles. The maximum absolute atomic E-state index is 12.7. The molecule has 1 fully saturated rings. The molecule has 0 spiro atoms. The molecule has 2 aromatic rings. The molecule has 1 aliphatic rings. The van der Waals surface area contributed by atoms with Crippen LogP contribution in [0.4, 0.5) is 5.82 Å². The molecular weight excluding hydrogens is 390 g/mol. The van der Waals surface area contributed by atoms with E-state index in [-0.39, 0.29) is 18.0 Å². The molecule has 3 rings (SSSR count). The fourth-order valence-electron chi connectivity index (χ4n) is 3.64. The highest BCUT2D eigenvalue weighted by Gasteiger charge is 2.26. The molecule has 2 heterocycles. The van der Waals surface area contributed by atoms with E-state index < -0.39 is 0 Å². The lowest BCUT2D eigenvalue weighted by Crippen LogP contribution is -2.52. The normalized spacial score (nSPS) is 16.8. The summed E-state index contributed by atoms with van der Waals surface area (Å²) in [5.74, 6) is 1.59. The average molecular weight is 420 g/mol. The molecule has 158 valence electrons. The van der Waals surface area contributed by atoms with Crippen LogP contribution in [-0.2, 0) is 11.3 Å². The largest absolute Gasteiger partial charge is 0.496 e. The second-order valence-corrected chi connectivity index (χ2v) is 8.12. The van der Waals surface area contributed by atoms with Crippen LogP contribution in [-0.4, -0.2) is 64.8 Å². The molecule has 0 aliphatic carbocycles. The van der Waals surface area contributed by atoms with Crippen molar-refractivity contribution in [1.82, 2.24) is 19.6 Å². The summed E-state index contributed by atoms with van der Waals surface area (Å²) in [6, 6.07) is 7.54. The fourth-order valence-corrected chi connectivity index (χ4v) is 3.84. The summed E-state index contributed by atoms with van der Waals surface area (Å²) in [5, 5.41) is 8.00. The smallest absolute Gasteiger partial charge is 0.242 e. The third-order valence-electron chi connectivity index (χ3n) is 5.38. The highest BCUT2D eigenvalue weighted by atomic mass is 35.5. The van der Waals surface area contributed by atoms with Gasteiger partial charge in [0.25, 0.3) is 0 Å². The van der Waals surface area contributed by atoms with Gasteiger partial charge in [0.05, 0.1) is 19.3 Å². The van der Waals surface area contributed by atoms with E-state index in [1.165, 1.54) is 0 Å². The van der Waals surface area contributed by atoms with E-state index in [0.29, 0.717) is 5.02 Å². The van der Waals surface area contributed by atoms with Gasteiger partial charge in [0.2, 0.25) is 5.91 Å². The number of hydrogen-bond acceptors (Lipinski definition) is 5.